The Balaban J connectivity index is 0. The summed E-state index contributed by atoms with van der Waals surface area (Å²) >= 11 is 0. The molecule has 0 rings (SSSR count). The number of amides is 4. The summed E-state index contributed by atoms with van der Waals surface area (Å²) in [5, 5.41) is 0. The molecule has 0 fully saturated rings. The lowest BCUT2D eigenvalue weighted by Gasteiger charge is -2.13. The van der Waals surface area contributed by atoms with E-state index in [1.54, 1.807) is 9.80 Å². The Hall–Kier alpha value is -1.46. The molecule has 0 aromatic carbocycles. The van der Waals surface area contributed by atoms with Crippen LogP contribution in [0.3, 0.4) is 0 Å². The van der Waals surface area contributed by atoms with E-state index >= 15 is 0 Å². The van der Waals surface area contributed by atoms with Gasteiger partial charge in [0, 0.05) is 26.2 Å². The highest BCUT2D eigenvalue weighted by molar-refractivity contribution is 5.72. The second-order valence-corrected chi connectivity index (χ2v) is 3.02. The van der Waals surface area contributed by atoms with Crippen LogP contribution in [0.1, 0.15) is 27.7 Å². The summed E-state index contributed by atoms with van der Waals surface area (Å²) in [5.41, 5.74) is 9.89. The van der Waals surface area contributed by atoms with Gasteiger partial charge in [-0.05, 0) is 27.7 Å². The SMILES string of the molecule is CCN(CC)C(N)=O.CCN(CC)C(N)=O. The maximum absolute atomic E-state index is 10.3. The van der Waals surface area contributed by atoms with Gasteiger partial charge in [-0.2, -0.15) is 0 Å². The maximum Gasteiger partial charge on any atom is 0.314 e. The Kier molecular flexibility index (Phi) is 10.7. The van der Waals surface area contributed by atoms with Crippen LogP contribution in [0.2, 0.25) is 0 Å². The van der Waals surface area contributed by atoms with Crippen LogP contribution >= 0.6 is 0 Å². The summed E-state index contributed by atoms with van der Waals surface area (Å²) in [6.07, 6.45) is 0. The number of nitrogens with two attached hydrogens (primary N) is 2. The van der Waals surface area contributed by atoms with Gasteiger partial charge >= 0.3 is 12.1 Å². The molecule has 16 heavy (non-hydrogen) atoms. The zero-order valence-corrected chi connectivity index (χ0v) is 10.7. The van der Waals surface area contributed by atoms with Crippen molar-refractivity contribution in [3.05, 3.63) is 0 Å². The van der Waals surface area contributed by atoms with E-state index in [0.717, 1.165) is 0 Å². The second-order valence-electron chi connectivity index (χ2n) is 3.02. The third-order valence-electron chi connectivity index (χ3n) is 2.15. The van der Waals surface area contributed by atoms with E-state index in [2.05, 4.69) is 0 Å². The van der Waals surface area contributed by atoms with Crippen LogP contribution in [0.15, 0.2) is 0 Å². The molecule has 0 aliphatic heterocycles. The smallest absolute Gasteiger partial charge is 0.314 e. The summed E-state index contributed by atoms with van der Waals surface area (Å²) in [6.45, 7) is 10.4. The van der Waals surface area contributed by atoms with Crippen molar-refractivity contribution in [2.75, 3.05) is 26.2 Å². The molecule has 0 saturated heterocycles. The molecule has 0 heterocycles. The number of rotatable bonds is 4. The topological polar surface area (TPSA) is 92.7 Å². The number of primary amides is 2. The molecule has 96 valence electrons. The van der Waals surface area contributed by atoms with Crippen molar-refractivity contribution >= 4 is 12.1 Å². The average molecular weight is 232 g/mol. The van der Waals surface area contributed by atoms with Gasteiger partial charge in [0.25, 0.3) is 0 Å². The van der Waals surface area contributed by atoms with Crippen molar-refractivity contribution < 1.29 is 9.59 Å². The lowest BCUT2D eigenvalue weighted by molar-refractivity contribution is 0.212. The van der Waals surface area contributed by atoms with Crippen LogP contribution in [0.5, 0.6) is 0 Å². The molecule has 0 atom stereocenters. The van der Waals surface area contributed by atoms with E-state index in [-0.39, 0.29) is 12.1 Å². The van der Waals surface area contributed by atoms with Gasteiger partial charge in [0.2, 0.25) is 0 Å². The number of urea groups is 2. The van der Waals surface area contributed by atoms with Gasteiger partial charge in [0.1, 0.15) is 0 Å². The monoisotopic (exact) mass is 232 g/mol. The first-order chi connectivity index (χ1) is 7.44. The molecule has 6 heteroatoms. The fourth-order valence-corrected chi connectivity index (χ4v) is 1.07. The Bertz CT molecular complexity index is 179. The lowest BCUT2D eigenvalue weighted by atomic mass is 10.5. The molecule has 0 unspecified atom stereocenters. The molecule has 4 N–H and O–H groups in total. The highest BCUT2D eigenvalue weighted by atomic mass is 16.2. The highest BCUT2D eigenvalue weighted by Gasteiger charge is 2.00. The van der Waals surface area contributed by atoms with Gasteiger partial charge in [-0.1, -0.05) is 0 Å². The summed E-state index contributed by atoms with van der Waals surface area (Å²) < 4.78 is 0. The van der Waals surface area contributed by atoms with Gasteiger partial charge < -0.3 is 21.3 Å². The Morgan fingerprint density at radius 3 is 0.938 bits per heavy atom. The van der Waals surface area contributed by atoms with Crippen molar-refractivity contribution in [3.63, 3.8) is 0 Å². The van der Waals surface area contributed by atoms with Crippen molar-refractivity contribution in [2.45, 2.75) is 27.7 Å². The van der Waals surface area contributed by atoms with Crippen LogP contribution in [0.4, 0.5) is 9.59 Å². The van der Waals surface area contributed by atoms with Crippen LogP contribution in [0, 0.1) is 0 Å². The number of nitrogens with zero attached hydrogens (tertiary/aromatic N) is 2. The van der Waals surface area contributed by atoms with Gasteiger partial charge in [0.05, 0.1) is 0 Å². The van der Waals surface area contributed by atoms with E-state index < -0.39 is 0 Å². The molecule has 0 aromatic heterocycles. The minimum Gasteiger partial charge on any atom is -0.351 e. The maximum atomic E-state index is 10.3. The van der Waals surface area contributed by atoms with Gasteiger partial charge in [-0.3, -0.25) is 0 Å². The Morgan fingerprint density at radius 1 is 0.750 bits per heavy atom. The van der Waals surface area contributed by atoms with Crippen LogP contribution in [-0.2, 0) is 0 Å². The van der Waals surface area contributed by atoms with E-state index in [4.69, 9.17) is 11.5 Å². The number of hydrogen-bond donors (Lipinski definition) is 2. The third kappa shape index (κ3) is 7.90. The summed E-state index contributed by atoms with van der Waals surface area (Å²) in [6, 6.07) is -0.676. The lowest BCUT2D eigenvalue weighted by Crippen LogP contribution is -2.35. The average Bonchev–Trinajstić information content (AvgIpc) is 2.21. The van der Waals surface area contributed by atoms with Crippen molar-refractivity contribution in [1.82, 2.24) is 9.80 Å². The first-order valence-corrected chi connectivity index (χ1v) is 5.53. The summed E-state index contributed by atoms with van der Waals surface area (Å²) in [7, 11) is 0. The van der Waals surface area contributed by atoms with Gasteiger partial charge in [0.15, 0.2) is 0 Å². The molecule has 0 spiro atoms. The molecule has 6 nitrogen and oxygen atoms in total. The highest BCUT2D eigenvalue weighted by Crippen LogP contribution is 1.83. The van der Waals surface area contributed by atoms with Gasteiger partial charge in [-0.15, -0.1) is 0 Å². The predicted octanol–water partition coefficient (Wildman–Crippen LogP) is 0.814. The minimum atomic E-state index is -0.338. The fraction of sp³-hybridized carbons (Fsp3) is 0.800. The predicted molar refractivity (Wildman–Crippen MR) is 65.0 cm³/mol. The molecule has 0 saturated carbocycles. The summed E-state index contributed by atoms with van der Waals surface area (Å²) in [5.74, 6) is 0. The largest absolute Gasteiger partial charge is 0.351 e. The normalized spacial score (nSPS) is 8.75. The van der Waals surface area contributed by atoms with E-state index in [1.165, 1.54) is 0 Å². The standard InChI is InChI=1S/2C5H12N2O/c2*1-3-7(4-2)5(6)8/h2*3-4H2,1-2H3,(H2,6,8). The Morgan fingerprint density at radius 2 is 0.938 bits per heavy atom. The second kappa shape index (κ2) is 10.1. The zero-order chi connectivity index (χ0) is 13.1. The van der Waals surface area contributed by atoms with Crippen molar-refractivity contribution in [3.8, 4) is 0 Å². The molecule has 0 bridgehead atoms. The molecule has 0 aliphatic rings. The third-order valence-corrected chi connectivity index (χ3v) is 2.15. The van der Waals surface area contributed by atoms with Gasteiger partial charge in [-0.25, -0.2) is 9.59 Å². The Labute approximate surface area is 97.6 Å². The molecular weight excluding hydrogens is 208 g/mol. The quantitative estimate of drug-likeness (QED) is 0.750. The number of carbonyl (C=O) groups is 2. The van der Waals surface area contributed by atoms with E-state index in [9.17, 15) is 9.59 Å². The van der Waals surface area contributed by atoms with Crippen molar-refractivity contribution in [2.24, 2.45) is 11.5 Å². The van der Waals surface area contributed by atoms with Crippen LogP contribution in [-0.4, -0.2) is 48.0 Å². The van der Waals surface area contributed by atoms with Crippen LogP contribution < -0.4 is 11.5 Å². The van der Waals surface area contributed by atoms with E-state index in [1.807, 2.05) is 27.7 Å². The zero-order valence-electron chi connectivity index (χ0n) is 10.7. The number of carbonyl (C=O) groups excluding carboxylic acids is 2. The minimum absolute atomic E-state index is 0.338. The van der Waals surface area contributed by atoms with Crippen LogP contribution in [0.25, 0.3) is 0 Å². The molecule has 0 aliphatic carbocycles. The number of hydrogen-bond acceptors (Lipinski definition) is 2. The molecule has 0 radical (unpaired) electrons. The summed E-state index contributed by atoms with van der Waals surface area (Å²) in [4.78, 5) is 23.7. The first-order valence-electron chi connectivity index (χ1n) is 5.53. The first kappa shape index (κ1) is 17.0. The molecule has 4 amide bonds. The fourth-order valence-electron chi connectivity index (χ4n) is 1.07. The molecule has 0 aromatic rings. The van der Waals surface area contributed by atoms with Crippen molar-refractivity contribution in [1.29, 1.82) is 0 Å². The molecular formula is C10H24N4O2. The van der Waals surface area contributed by atoms with E-state index in [0.29, 0.717) is 26.2 Å².